The first kappa shape index (κ1) is 14.7. The third-order valence-electron chi connectivity index (χ3n) is 4.24. The minimum atomic E-state index is 0.0405. The van der Waals surface area contributed by atoms with Crippen LogP contribution in [0.4, 0.5) is 5.13 Å². The Bertz CT molecular complexity index is 485. The Balaban J connectivity index is 1.56. The third-order valence-corrected chi connectivity index (χ3v) is 5.11. The molecule has 0 bridgehead atoms. The Morgan fingerprint density at radius 3 is 2.90 bits per heavy atom. The van der Waals surface area contributed by atoms with Gasteiger partial charge in [-0.05, 0) is 38.8 Å². The van der Waals surface area contributed by atoms with Gasteiger partial charge in [0.1, 0.15) is 0 Å². The Labute approximate surface area is 129 Å². The second-order valence-electron chi connectivity index (χ2n) is 5.78. The quantitative estimate of drug-likeness (QED) is 0.896. The molecule has 1 unspecified atom stereocenters. The van der Waals surface area contributed by atoms with E-state index in [2.05, 4.69) is 27.3 Å². The number of rotatable bonds is 5. The van der Waals surface area contributed by atoms with Crippen molar-refractivity contribution in [3.63, 3.8) is 0 Å². The largest absolute Gasteiger partial charge is 0.360 e. The molecule has 0 aliphatic carbocycles. The summed E-state index contributed by atoms with van der Waals surface area (Å²) in [5, 5.41) is 12.5. The number of aromatic nitrogens is 2. The first-order valence-corrected chi connectivity index (χ1v) is 8.70. The molecule has 0 spiro atoms. The van der Waals surface area contributed by atoms with E-state index in [0.29, 0.717) is 11.0 Å². The average molecular weight is 309 g/mol. The summed E-state index contributed by atoms with van der Waals surface area (Å²) in [5.74, 6) is 0.0405. The van der Waals surface area contributed by atoms with Gasteiger partial charge in [-0.3, -0.25) is 9.69 Å². The predicted molar refractivity (Wildman–Crippen MR) is 83.8 cm³/mol. The van der Waals surface area contributed by atoms with Crippen LogP contribution < -0.4 is 5.32 Å². The fourth-order valence-corrected chi connectivity index (χ4v) is 3.82. The van der Waals surface area contributed by atoms with Crippen molar-refractivity contribution < 1.29 is 4.79 Å². The van der Waals surface area contributed by atoms with Crippen molar-refractivity contribution >= 4 is 22.4 Å². The van der Waals surface area contributed by atoms with Crippen LogP contribution >= 0.6 is 11.3 Å². The van der Waals surface area contributed by atoms with Crippen LogP contribution in [-0.2, 0) is 0 Å². The minimum Gasteiger partial charge on any atom is -0.360 e. The lowest BCUT2D eigenvalue weighted by molar-refractivity contribution is 0.0779. The molecule has 1 aromatic rings. The third kappa shape index (κ3) is 3.35. The van der Waals surface area contributed by atoms with Crippen molar-refractivity contribution in [3.8, 4) is 0 Å². The van der Waals surface area contributed by atoms with E-state index in [1.807, 2.05) is 4.90 Å². The molecule has 0 saturated carbocycles. The molecule has 1 aromatic heterocycles. The van der Waals surface area contributed by atoms with E-state index in [4.69, 9.17) is 0 Å². The van der Waals surface area contributed by atoms with E-state index in [9.17, 15) is 4.79 Å². The van der Waals surface area contributed by atoms with Crippen LogP contribution in [0.25, 0.3) is 0 Å². The summed E-state index contributed by atoms with van der Waals surface area (Å²) in [6.45, 7) is 7.03. The maximum Gasteiger partial charge on any atom is 0.284 e. The topological polar surface area (TPSA) is 61.4 Å². The van der Waals surface area contributed by atoms with Crippen LogP contribution in [0.5, 0.6) is 0 Å². The SMILES string of the molecule is CCCNc1nnc(C(=O)N2CCC(N3CCCC3)C2)s1. The van der Waals surface area contributed by atoms with Crippen molar-refractivity contribution in [2.45, 2.75) is 38.6 Å². The van der Waals surface area contributed by atoms with E-state index in [0.717, 1.165) is 37.6 Å². The second-order valence-corrected chi connectivity index (χ2v) is 6.75. The summed E-state index contributed by atoms with van der Waals surface area (Å²) in [6.07, 6.45) is 4.72. The maximum atomic E-state index is 12.5. The lowest BCUT2D eigenvalue weighted by Gasteiger charge is -2.23. The van der Waals surface area contributed by atoms with Gasteiger partial charge in [-0.2, -0.15) is 0 Å². The number of carbonyl (C=O) groups excluding carboxylic acids is 1. The van der Waals surface area contributed by atoms with Crippen LogP contribution in [0.1, 0.15) is 42.4 Å². The Kier molecular flexibility index (Phi) is 4.70. The van der Waals surface area contributed by atoms with Gasteiger partial charge in [-0.1, -0.05) is 18.3 Å². The summed E-state index contributed by atoms with van der Waals surface area (Å²) in [6, 6.07) is 0.544. The van der Waals surface area contributed by atoms with Crippen molar-refractivity contribution in [3.05, 3.63) is 5.01 Å². The molecule has 1 N–H and O–H groups in total. The van der Waals surface area contributed by atoms with Crippen molar-refractivity contribution in [1.82, 2.24) is 20.0 Å². The zero-order valence-electron chi connectivity index (χ0n) is 12.5. The lowest BCUT2D eigenvalue weighted by Crippen LogP contribution is -2.37. The molecule has 2 aliphatic rings. The van der Waals surface area contributed by atoms with Crippen LogP contribution in [0, 0.1) is 0 Å². The molecular formula is C14H23N5OS. The van der Waals surface area contributed by atoms with E-state index in [1.54, 1.807) is 0 Å². The molecule has 2 aliphatic heterocycles. The van der Waals surface area contributed by atoms with Crippen LogP contribution in [0.2, 0.25) is 0 Å². The molecular weight excluding hydrogens is 286 g/mol. The van der Waals surface area contributed by atoms with Gasteiger partial charge < -0.3 is 10.2 Å². The summed E-state index contributed by atoms with van der Waals surface area (Å²) in [4.78, 5) is 16.9. The predicted octanol–water partition coefficient (Wildman–Crippen LogP) is 1.67. The molecule has 2 fully saturated rings. The van der Waals surface area contributed by atoms with Gasteiger partial charge in [0.05, 0.1) is 0 Å². The molecule has 2 saturated heterocycles. The Hall–Kier alpha value is -1.21. The van der Waals surface area contributed by atoms with Gasteiger partial charge in [0, 0.05) is 25.7 Å². The van der Waals surface area contributed by atoms with Crippen molar-refractivity contribution in [2.24, 2.45) is 0 Å². The number of hydrogen-bond acceptors (Lipinski definition) is 6. The maximum absolute atomic E-state index is 12.5. The average Bonchev–Trinajstić information content (AvgIpc) is 3.24. The summed E-state index contributed by atoms with van der Waals surface area (Å²) in [5.41, 5.74) is 0. The van der Waals surface area contributed by atoms with E-state index in [-0.39, 0.29) is 5.91 Å². The van der Waals surface area contributed by atoms with Crippen molar-refractivity contribution in [2.75, 3.05) is 38.0 Å². The fraction of sp³-hybridized carbons (Fsp3) is 0.786. The number of carbonyl (C=O) groups is 1. The minimum absolute atomic E-state index is 0.0405. The highest BCUT2D eigenvalue weighted by Crippen LogP contribution is 2.23. The van der Waals surface area contributed by atoms with E-state index < -0.39 is 0 Å². The zero-order valence-corrected chi connectivity index (χ0v) is 13.4. The summed E-state index contributed by atoms with van der Waals surface area (Å²) >= 11 is 1.36. The highest BCUT2D eigenvalue weighted by atomic mass is 32.1. The van der Waals surface area contributed by atoms with Crippen LogP contribution in [0.3, 0.4) is 0 Å². The first-order chi connectivity index (χ1) is 10.3. The normalized spacial score (nSPS) is 22.9. The monoisotopic (exact) mass is 309 g/mol. The fourth-order valence-electron chi connectivity index (χ4n) is 3.08. The number of nitrogens with zero attached hydrogens (tertiary/aromatic N) is 4. The number of amides is 1. The van der Waals surface area contributed by atoms with E-state index in [1.165, 1.54) is 37.3 Å². The van der Waals surface area contributed by atoms with Gasteiger partial charge in [0.25, 0.3) is 5.91 Å². The molecule has 116 valence electrons. The lowest BCUT2D eigenvalue weighted by atomic mass is 10.2. The molecule has 1 atom stereocenters. The Morgan fingerprint density at radius 1 is 1.33 bits per heavy atom. The molecule has 6 nitrogen and oxygen atoms in total. The van der Waals surface area contributed by atoms with Crippen LogP contribution in [-0.4, -0.2) is 64.7 Å². The first-order valence-electron chi connectivity index (χ1n) is 7.88. The molecule has 7 heteroatoms. The van der Waals surface area contributed by atoms with Gasteiger partial charge in [0.15, 0.2) is 0 Å². The van der Waals surface area contributed by atoms with Gasteiger partial charge in [-0.15, -0.1) is 10.2 Å². The number of anilines is 1. The number of hydrogen-bond donors (Lipinski definition) is 1. The van der Waals surface area contributed by atoms with Crippen molar-refractivity contribution in [1.29, 1.82) is 0 Å². The molecule has 0 radical (unpaired) electrons. The molecule has 0 aromatic carbocycles. The highest BCUT2D eigenvalue weighted by molar-refractivity contribution is 7.17. The number of likely N-dealkylation sites (tertiary alicyclic amines) is 2. The van der Waals surface area contributed by atoms with Crippen LogP contribution in [0.15, 0.2) is 0 Å². The standard InChI is InChI=1S/C14H23N5OS/c1-2-6-15-14-17-16-12(21-14)13(20)19-9-5-11(10-19)18-7-3-4-8-18/h11H,2-10H2,1H3,(H,15,17). The van der Waals surface area contributed by atoms with Gasteiger partial charge in [0.2, 0.25) is 10.1 Å². The highest BCUT2D eigenvalue weighted by Gasteiger charge is 2.33. The smallest absolute Gasteiger partial charge is 0.284 e. The second kappa shape index (κ2) is 6.70. The molecule has 3 heterocycles. The number of nitrogens with one attached hydrogen (secondary N) is 1. The molecule has 1 amide bonds. The van der Waals surface area contributed by atoms with E-state index >= 15 is 0 Å². The molecule has 21 heavy (non-hydrogen) atoms. The molecule has 3 rings (SSSR count). The summed E-state index contributed by atoms with van der Waals surface area (Å²) < 4.78 is 0. The van der Waals surface area contributed by atoms with Gasteiger partial charge >= 0.3 is 0 Å². The van der Waals surface area contributed by atoms with Gasteiger partial charge in [-0.25, -0.2) is 0 Å². The summed E-state index contributed by atoms with van der Waals surface area (Å²) in [7, 11) is 0. The Morgan fingerprint density at radius 2 is 2.14 bits per heavy atom. The zero-order chi connectivity index (χ0) is 14.7.